The van der Waals surface area contributed by atoms with Gasteiger partial charge in [-0.1, -0.05) is 12.1 Å². The van der Waals surface area contributed by atoms with E-state index in [1.807, 2.05) is 10.8 Å². The van der Waals surface area contributed by atoms with Crippen LogP contribution >= 0.6 is 0 Å². The number of hydrogen-bond acceptors (Lipinski definition) is 10. The van der Waals surface area contributed by atoms with Crippen LogP contribution in [0.15, 0.2) is 71.9 Å². The molecule has 2 aliphatic rings. The van der Waals surface area contributed by atoms with Gasteiger partial charge in [-0.05, 0) is 42.8 Å². The number of pyridine rings is 1. The van der Waals surface area contributed by atoms with E-state index in [0.717, 1.165) is 24.5 Å². The number of nitrogens with one attached hydrogen (secondary N) is 3. The van der Waals surface area contributed by atoms with Crippen LogP contribution in [-0.2, 0) is 14.8 Å². The summed E-state index contributed by atoms with van der Waals surface area (Å²) in [5, 5.41) is 15.8. The molecule has 0 unspecified atom stereocenters. The second-order valence-electron chi connectivity index (χ2n) is 9.87. The Morgan fingerprint density at radius 1 is 1.17 bits per heavy atom. The van der Waals surface area contributed by atoms with Crippen molar-refractivity contribution in [3.8, 4) is 11.5 Å². The minimum Gasteiger partial charge on any atom is -0.455 e. The van der Waals surface area contributed by atoms with Crippen LogP contribution in [0, 0.1) is 10.1 Å². The average Bonchev–Trinajstić information content (AvgIpc) is 3.62. The van der Waals surface area contributed by atoms with Crippen molar-refractivity contribution in [2.45, 2.75) is 23.4 Å². The number of para-hydroxylation sites is 1. The van der Waals surface area contributed by atoms with E-state index in [-0.39, 0.29) is 23.0 Å². The molecule has 1 amide bonds. The molecule has 2 fully saturated rings. The number of ether oxygens (including phenoxy) is 2. The summed E-state index contributed by atoms with van der Waals surface area (Å²) in [7, 11) is -4.46. The van der Waals surface area contributed by atoms with Crippen LogP contribution < -0.4 is 14.8 Å². The van der Waals surface area contributed by atoms with Crippen molar-refractivity contribution < 1.29 is 27.6 Å². The summed E-state index contributed by atoms with van der Waals surface area (Å²) in [6.45, 7) is 2.83. The molecule has 4 aromatic rings. The van der Waals surface area contributed by atoms with Gasteiger partial charge in [-0.25, -0.2) is 18.1 Å². The Morgan fingerprint density at radius 3 is 2.78 bits per heavy atom. The Balaban J connectivity index is 1.17. The van der Waals surface area contributed by atoms with Crippen LogP contribution in [0.5, 0.6) is 11.5 Å². The number of carbonyl (C=O) groups is 1. The number of carbonyl (C=O) groups excluding carboxylic acids is 1. The molecule has 2 aromatic carbocycles. The number of rotatable bonds is 9. The number of aromatic amines is 1. The van der Waals surface area contributed by atoms with E-state index < -0.39 is 31.4 Å². The SMILES string of the molecule is O=C(NS(=O)(=O)c1ccc(NC2CN([C@H]3CCOC3)C2)c([N+](=O)[O-])c1)c1ccccc1Oc1cnc2[nH]ccc2c1. The second-order valence-corrected chi connectivity index (χ2v) is 11.6. The highest BCUT2D eigenvalue weighted by Gasteiger charge is 2.35. The minimum atomic E-state index is -4.46. The fourth-order valence-corrected chi connectivity index (χ4v) is 5.95. The Bertz CT molecular complexity index is 1730. The maximum atomic E-state index is 13.1. The molecule has 13 nitrogen and oxygen atoms in total. The van der Waals surface area contributed by atoms with Crippen LogP contribution in [0.1, 0.15) is 16.8 Å². The van der Waals surface area contributed by atoms with Crippen molar-refractivity contribution in [1.29, 1.82) is 0 Å². The molecule has 0 bridgehead atoms. The summed E-state index contributed by atoms with van der Waals surface area (Å²) < 4.78 is 39.5. The largest absolute Gasteiger partial charge is 0.455 e. The quantitative estimate of drug-likeness (QED) is 0.198. The Morgan fingerprint density at radius 2 is 2.00 bits per heavy atom. The number of likely N-dealkylation sites (tertiary alicyclic amines) is 1. The summed E-state index contributed by atoms with van der Waals surface area (Å²) in [6.07, 6.45) is 4.17. The van der Waals surface area contributed by atoms with Crippen molar-refractivity contribution in [2.24, 2.45) is 0 Å². The first-order chi connectivity index (χ1) is 19.8. The molecule has 0 saturated carbocycles. The highest BCUT2D eigenvalue weighted by molar-refractivity contribution is 7.90. The number of hydrogen-bond donors (Lipinski definition) is 3. The van der Waals surface area contributed by atoms with E-state index in [4.69, 9.17) is 9.47 Å². The van der Waals surface area contributed by atoms with E-state index >= 15 is 0 Å². The zero-order valence-corrected chi connectivity index (χ0v) is 22.5. The molecule has 4 heterocycles. The highest BCUT2D eigenvalue weighted by atomic mass is 32.2. The van der Waals surface area contributed by atoms with Gasteiger partial charge in [-0.3, -0.25) is 19.8 Å². The number of nitrogens with zero attached hydrogens (tertiary/aromatic N) is 3. The maximum absolute atomic E-state index is 13.1. The van der Waals surface area contributed by atoms with Gasteiger partial charge in [-0.2, -0.15) is 0 Å². The molecule has 41 heavy (non-hydrogen) atoms. The van der Waals surface area contributed by atoms with Crippen molar-refractivity contribution >= 4 is 38.3 Å². The summed E-state index contributed by atoms with van der Waals surface area (Å²) in [5.41, 5.74) is 0.428. The summed E-state index contributed by atoms with van der Waals surface area (Å²) in [5.74, 6) is -0.488. The molecule has 2 aromatic heterocycles. The van der Waals surface area contributed by atoms with E-state index in [2.05, 4.69) is 20.2 Å². The van der Waals surface area contributed by atoms with Gasteiger partial charge in [0.25, 0.3) is 21.6 Å². The zero-order chi connectivity index (χ0) is 28.6. The predicted molar refractivity (Wildman–Crippen MR) is 149 cm³/mol. The lowest BCUT2D eigenvalue weighted by Gasteiger charge is -2.43. The van der Waals surface area contributed by atoms with Gasteiger partial charge in [0.1, 0.15) is 22.8 Å². The normalized spacial score (nSPS) is 17.7. The number of amides is 1. The molecular weight excluding hydrogens is 552 g/mol. The molecule has 14 heteroatoms. The van der Waals surface area contributed by atoms with Gasteiger partial charge in [0.2, 0.25) is 0 Å². The van der Waals surface area contributed by atoms with Crippen LogP contribution in [-0.4, -0.2) is 72.5 Å². The van der Waals surface area contributed by atoms with Crippen LogP contribution in [0.25, 0.3) is 11.0 Å². The van der Waals surface area contributed by atoms with E-state index in [9.17, 15) is 23.3 Å². The first-order valence-corrected chi connectivity index (χ1v) is 14.4. The zero-order valence-electron chi connectivity index (χ0n) is 21.6. The number of nitro groups is 1. The average molecular weight is 579 g/mol. The number of sulfonamides is 1. The molecule has 2 saturated heterocycles. The Hall–Kier alpha value is -4.53. The first kappa shape index (κ1) is 26.7. The minimum absolute atomic E-state index is 0.0129. The van der Waals surface area contributed by atoms with Gasteiger partial charge < -0.3 is 19.8 Å². The smallest absolute Gasteiger partial charge is 0.293 e. The summed E-state index contributed by atoms with van der Waals surface area (Å²) in [6, 6.07) is 13.5. The molecule has 212 valence electrons. The predicted octanol–water partition coefficient (Wildman–Crippen LogP) is 3.27. The fraction of sp³-hybridized carbons (Fsp3) is 0.259. The first-order valence-electron chi connectivity index (χ1n) is 12.9. The molecule has 1 atom stereocenters. The van der Waals surface area contributed by atoms with Crippen LogP contribution in [0.4, 0.5) is 11.4 Å². The van der Waals surface area contributed by atoms with Crippen LogP contribution in [0.2, 0.25) is 0 Å². The van der Waals surface area contributed by atoms with Gasteiger partial charge in [0, 0.05) is 43.4 Å². The monoisotopic (exact) mass is 578 g/mol. The Labute approximate surface area is 234 Å². The molecule has 3 N–H and O–H groups in total. The summed E-state index contributed by atoms with van der Waals surface area (Å²) in [4.78, 5) is 33.3. The number of H-pyrrole nitrogens is 1. The molecular formula is C27H26N6O7S. The van der Waals surface area contributed by atoms with E-state index in [0.29, 0.717) is 37.1 Å². The number of aromatic nitrogens is 2. The molecule has 2 aliphatic heterocycles. The van der Waals surface area contributed by atoms with Crippen LogP contribution in [0.3, 0.4) is 0 Å². The second kappa shape index (κ2) is 10.8. The van der Waals surface area contributed by atoms with Gasteiger partial charge in [0.15, 0.2) is 0 Å². The third-order valence-corrected chi connectivity index (χ3v) is 8.46. The van der Waals surface area contributed by atoms with Crippen molar-refractivity contribution in [2.75, 3.05) is 31.6 Å². The number of benzene rings is 2. The van der Waals surface area contributed by atoms with Gasteiger partial charge in [-0.15, -0.1) is 0 Å². The maximum Gasteiger partial charge on any atom is 0.293 e. The lowest BCUT2D eigenvalue weighted by atomic mass is 10.0. The topological polar surface area (TPSA) is 169 Å². The highest BCUT2D eigenvalue weighted by Crippen LogP contribution is 2.31. The lowest BCUT2D eigenvalue weighted by molar-refractivity contribution is -0.384. The standard InChI is InChI=1S/C27H26N6O7S/c34-27(22-3-1-2-4-25(22)40-20-11-17-7-9-28-26(17)29-13-20)31-41(37,38)21-5-6-23(24(12-21)33(35)36)30-18-14-32(15-18)19-8-10-39-16-19/h1-7,9,11-13,18-19,30H,8,10,14-16H2,(H,28,29)(H,31,34)/t19-/m0/s1. The van der Waals surface area contributed by atoms with E-state index in [1.165, 1.54) is 30.5 Å². The molecule has 0 aliphatic carbocycles. The fourth-order valence-electron chi connectivity index (χ4n) is 4.97. The number of nitro benzene ring substituents is 1. The van der Waals surface area contributed by atoms with E-state index in [1.54, 1.807) is 24.4 Å². The third kappa shape index (κ3) is 5.57. The summed E-state index contributed by atoms with van der Waals surface area (Å²) >= 11 is 0. The van der Waals surface area contributed by atoms with Crippen molar-refractivity contribution in [1.82, 2.24) is 19.6 Å². The molecule has 0 spiro atoms. The molecule has 0 radical (unpaired) electrons. The van der Waals surface area contributed by atoms with Gasteiger partial charge >= 0.3 is 0 Å². The number of anilines is 1. The third-order valence-electron chi connectivity index (χ3n) is 7.13. The van der Waals surface area contributed by atoms with Crippen molar-refractivity contribution in [3.05, 3.63) is 82.7 Å². The number of fused-ring (bicyclic) bond motifs is 1. The lowest BCUT2D eigenvalue weighted by Crippen LogP contribution is -2.58. The van der Waals surface area contributed by atoms with Gasteiger partial charge in [0.05, 0.1) is 34.2 Å². The molecule has 6 rings (SSSR count). The van der Waals surface area contributed by atoms with Crippen molar-refractivity contribution in [3.63, 3.8) is 0 Å². The Kier molecular flexibility index (Phi) is 7.03.